The van der Waals surface area contributed by atoms with Crippen molar-refractivity contribution in [3.8, 4) is 0 Å². The van der Waals surface area contributed by atoms with Crippen LogP contribution in [0.5, 0.6) is 0 Å². The lowest BCUT2D eigenvalue weighted by Gasteiger charge is -2.21. The first-order valence-electron chi connectivity index (χ1n) is 5.86. The van der Waals surface area contributed by atoms with Crippen LogP contribution in [-0.2, 0) is 0 Å². The van der Waals surface area contributed by atoms with Crippen LogP contribution < -0.4 is 11.3 Å². The normalized spacial score (nSPS) is 23.8. The maximum absolute atomic E-state index is 12.3. The van der Waals surface area contributed by atoms with E-state index in [4.69, 9.17) is 5.84 Å². The van der Waals surface area contributed by atoms with E-state index < -0.39 is 0 Å². The van der Waals surface area contributed by atoms with Gasteiger partial charge in [0.05, 0.1) is 0 Å². The van der Waals surface area contributed by atoms with Crippen LogP contribution in [0.1, 0.15) is 30.8 Å². The summed E-state index contributed by atoms with van der Waals surface area (Å²) >= 11 is 0. The molecule has 0 spiro atoms. The van der Waals surface area contributed by atoms with E-state index in [1.807, 2.05) is 4.90 Å². The number of rotatable bonds is 2. The van der Waals surface area contributed by atoms with Gasteiger partial charge in [-0.25, -0.2) is 10.8 Å². The summed E-state index contributed by atoms with van der Waals surface area (Å²) in [7, 11) is 0. The van der Waals surface area contributed by atoms with E-state index in [9.17, 15) is 4.79 Å². The number of likely N-dealkylation sites (tertiary alicyclic amines) is 1. The fourth-order valence-corrected chi connectivity index (χ4v) is 2.36. The Balaban J connectivity index is 2.19. The number of amides is 1. The number of carbonyl (C=O) groups is 1. The van der Waals surface area contributed by atoms with Gasteiger partial charge in [0.2, 0.25) is 0 Å². The highest BCUT2D eigenvalue weighted by Gasteiger charge is 2.31. The van der Waals surface area contributed by atoms with Gasteiger partial charge in [0.15, 0.2) is 0 Å². The SMILES string of the molecule is CC1CC(C)N(C(=O)c2cccc(NN)n2)C1. The molecule has 1 aromatic rings. The standard InChI is InChI=1S/C12H18N4O/c1-8-6-9(2)16(7-8)12(17)10-4-3-5-11(14-10)15-13/h3-5,8-9H,6-7,13H2,1-2H3,(H,14,15). The molecule has 5 nitrogen and oxygen atoms in total. The number of hydrogen-bond donors (Lipinski definition) is 2. The Labute approximate surface area is 101 Å². The number of nitrogens with zero attached hydrogens (tertiary/aromatic N) is 2. The van der Waals surface area contributed by atoms with Gasteiger partial charge in [0, 0.05) is 12.6 Å². The molecular formula is C12H18N4O. The maximum Gasteiger partial charge on any atom is 0.272 e. The number of nitrogens with two attached hydrogens (primary N) is 1. The quantitative estimate of drug-likeness (QED) is 0.596. The van der Waals surface area contributed by atoms with Crippen molar-refractivity contribution in [1.82, 2.24) is 9.88 Å². The van der Waals surface area contributed by atoms with Crippen molar-refractivity contribution in [2.75, 3.05) is 12.0 Å². The van der Waals surface area contributed by atoms with Crippen LogP contribution in [0.15, 0.2) is 18.2 Å². The Kier molecular flexibility index (Phi) is 3.28. The molecule has 92 valence electrons. The fraction of sp³-hybridized carbons (Fsp3) is 0.500. The van der Waals surface area contributed by atoms with Gasteiger partial charge >= 0.3 is 0 Å². The minimum atomic E-state index is -0.0149. The van der Waals surface area contributed by atoms with E-state index in [1.165, 1.54) is 0 Å². The van der Waals surface area contributed by atoms with Gasteiger partial charge in [0.25, 0.3) is 5.91 Å². The predicted octanol–water partition coefficient (Wildman–Crippen LogP) is 1.24. The van der Waals surface area contributed by atoms with Gasteiger partial charge in [-0.05, 0) is 31.4 Å². The maximum atomic E-state index is 12.3. The second-order valence-corrected chi connectivity index (χ2v) is 4.70. The van der Waals surface area contributed by atoms with Crippen LogP contribution in [0.2, 0.25) is 0 Å². The third kappa shape index (κ3) is 2.39. The smallest absolute Gasteiger partial charge is 0.272 e. The molecule has 0 saturated carbocycles. The van der Waals surface area contributed by atoms with Crippen molar-refractivity contribution in [2.45, 2.75) is 26.3 Å². The molecule has 2 rings (SSSR count). The molecule has 1 aromatic heterocycles. The zero-order chi connectivity index (χ0) is 12.4. The molecule has 2 heterocycles. The third-order valence-electron chi connectivity index (χ3n) is 3.16. The number of nitrogens with one attached hydrogen (secondary N) is 1. The highest BCUT2D eigenvalue weighted by molar-refractivity contribution is 5.93. The molecule has 1 amide bonds. The molecule has 1 fully saturated rings. The topological polar surface area (TPSA) is 71.2 Å². The number of hydrazine groups is 1. The molecule has 1 saturated heterocycles. The summed E-state index contributed by atoms with van der Waals surface area (Å²) in [6, 6.07) is 5.51. The summed E-state index contributed by atoms with van der Waals surface area (Å²) in [5, 5.41) is 0. The summed E-state index contributed by atoms with van der Waals surface area (Å²) in [6.07, 6.45) is 1.06. The molecule has 3 N–H and O–H groups in total. The van der Waals surface area contributed by atoms with E-state index in [2.05, 4.69) is 24.3 Å². The van der Waals surface area contributed by atoms with Crippen molar-refractivity contribution >= 4 is 11.7 Å². The zero-order valence-electron chi connectivity index (χ0n) is 10.2. The van der Waals surface area contributed by atoms with E-state index in [1.54, 1.807) is 18.2 Å². The van der Waals surface area contributed by atoms with E-state index in [-0.39, 0.29) is 11.9 Å². The highest BCUT2D eigenvalue weighted by Crippen LogP contribution is 2.23. The molecule has 0 bridgehead atoms. The van der Waals surface area contributed by atoms with Crippen LogP contribution in [0.4, 0.5) is 5.82 Å². The number of pyridine rings is 1. The van der Waals surface area contributed by atoms with Crippen molar-refractivity contribution < 1.29 is 4.79 Å². The molecule has 0 aromatic carbocycles. The Morgan fingerprint density at radius 1 is 1.53 bits per heavy atom. The van der Waals surface area contributed by atoms with Gasteiger partial charge in [0.1, 0.15) is 11.5 Å². The Hall–Kier alpha value is -1.62. The van der Waals surface area contributed by atoms with E-state index in [0.29, 0.717) is 17.4 Å². The average Bonchev–Trinajstić information content (AvgIpc) is 2.67. The number of anilines is 1. The Morgan fingerprint density at radius 3 is 2.88 bits per heavy atom. The van der Waals surface area contributed by atoms with Gasteiger partial charge < -0.3 is 10.3 Å². The number of carbonyl (C=O) groups excluding carboxylic acids is 1. The lowest BCUT2D eigenvalue weighted by atomic mass is 10.1. The molecule has 1 aliphatic rings. The lowest BCUT2D eigenvalue weighted by molar-refractivity contribution is 0.0738. The first-order valence-corrected chi connectivity index (χ1v) is 5.86. The first kappa shape index (κ1) is 11.9. The van der Waals surface area contributed by atoms with Gasteiger partial charge in [-0.1, -0.05) is 13.0 Å². The van der Waals surface area contributed by atoms with Crippen molar-refractivity contribution in [3.05, 3.63) is 23.9 Å². The number of hydrogen-bond acceptors (Lipinski definition) is 4. The van der Waals surface area contributed by atoms with Crippen molar-refractivity contribution in [3.63, 3.8) is 0 Å². The molecule has 5 heteroatoms. The summed E-state index contributed by atoms with van der Waals surface area (Å²) < 4.78 is 0. The second kappa shape index (κ2) is 4.71. The summed E-state index contributed by atoms with van der Waals surface area (Å²) in [5.41, 5.74) is 2.90. The number of aromatic nitrogens is 1. The second-order valence-electron chi connectivity index (χ2n) is 4.70. The number of nitrogen functional groups attached to an aromatic ring is 1. The molecule has 2 unspecified atom stereocenters. The van der Waals surface area contributed by atoms with Gasteiger partial charge in [-0.3, -0.25) is 4.79 Å². The predicted molar refractivity (Wildman–Crippen MR) is 66.3 cm³/mol. The largest absolute Gasteiger partial charge is 0.334 e. The summed E-state index contributed by atoms with van der Waals surface area (Å²) in [5.74, 6) is 6.34. The monoisotopic (exact) mass is 234 g/mol. The Morgan fingerprint density at radius 2 is 2.29 bits per heavy atom. The van der Waals surface area contributed by atoms with Crippen LogP contribution in [0.25, 0.3) is 0 Å². The minimum Gasteiger partial charge on any atom is -0.334 e. The molecule has 1 aliphatic heterocycles. The molecular weight excluding hydrogens is 216 g/mol. The molecule has 0 radical (unpaired) electrons. The molecule has 2 atom stereocenters. The van der Waals surface area contributed by atoms with Crippen molar-refractivity contribution in [1.29, 1.82) is 0 Å². The van der Waals surface area contributed by atoms with Gasteiger partial charge in [-0.2, -0.15) is 0 Å². The average molecular weight is 234 g/mol. The van der Waals surface area contributed by atoms with E-state index >= 15 is 0 Å². The highest BCUT2D eigenvalue weighted by atomic mass is 16.2. The fourth-order valence-electron chi connectivity index (χ4n) is 2.36. The van der Waals surface area contributed by atoms with E-state index in [0.717, 1.165) is 13.0 Å². The van der Waals surface area contributed by atoms with Crippen LogP contribution in [-0.4, -0.2) is 28.4 Å². The Bertz CT molecular complexity index is 421. The zero-order valence-corrected chi connectivity index (χ0v) is 10.2. The molecule has 17 heavy (non-hydrogen) atoms. The lowest BCUT2D eigenvalue weighted by Crippen LogP contribution is -2.34. The van der Waals surface area contributed by atoms with Crippen LogP contribution >= 0.6 is 0 Å². The summed E-state index contributed by atoms with van der Waals surface area (Å²) in [4.78, 5) is 18.3. The van der Waals surface area contributed by atoms with Crippen molar-refractivity contribution in [2.24, 2.45) is 11.8 Å². The first-order chi connectivity index (χ1) is 8.11. The minimum absolute atomic E-state index is 0.0149. The summed E-state index contributed by atoms with van der Waals surface area (Å²) in [6.45, 7) is 5.05. The molecule has 0 aliphatic carbocycles. The third-order valence-corrected chi connectivity index (χ3v) is 3.16. The van der Waals surface area contributed by atoms with Gasteiger partial charge in [-0.15, -0.1) is 0 Å². The van der Waals surface area contributed by atoms with Crippen LogP contribution in [0.3, 0.4) is 0 Å². The van der Waals surface area contributed by atoms with Crippen LogP contribution in [0, 0.1) is 5.92 Å².